The summed E-state index contributed by atoms with van der Waals surface area (Å²) >= 11 is 0. The highest BCUT2D eigenvalue weighted by Crippen LogP contribution is 2.24. The summed E-state index contributed by atoms with van der Waals surface area (Å²) in [6.45, 7) is 5.08. The Morgan fingerprint density at radius 1 is 1.32 bits per heavy atom. The highest BCUT2D eigenvalue weighted by Gasteiger charge is 2.36. The summed E-state index contributed by atoms with van der Waals surface area (Å²) in [4.78, 5) is 12.3. The Morgan fingerprint density at radius 2 is 2.14 bits per heavy atom. The van der Waals surface area contributed by atoms with Crippen molar-refractivity contribution in [2.75, 3.05) is 11.6 Å². The number of carbonyl (C=O) groups is 1. The van der Waals surface area contributed by atoms with Crippen molar-refractivity contribution < 1.29 is 4.79 Å². The van der Waals surface area contributed by atoms with Crippen LogP contribution in [0.15, 0.2) is 36.0 Å². The molecule has 118 valence electrons. The van der Waals surface area contributed by atoms with Crippen molar-refractivity contribution in [1.82, 2.24) is 21.4 Å². The van der Waals surface area contributed by atoms with Crippen LogP contribution in [0.25, 0.3) is 0 Å². The van der Waals surface area contributed by atoms with E-state index in [1.54, 1.807) is 0 Å². The van der Waals surface area contributed by atoms with E-state index in [0.717, 1.165) is 30.6 Å². The number of anilines is 1. The number of hydrazine groups is 1. The molecule has 0 aromatic heterocycles. The van der Waals surface area contributed by atoms with Crippen molar-refractivity contribution in [1.29, 1.82) is 0 Å². The Balaban J connectivity index is 1.69. The van der Waals surface area contributed by atoms with Gasteiger partial charge in [-0.15, -0.1) is 0 Å². The molecule has 2 aliphatic heterocycles. The van der Waals surface area contributed by atoms with Gasteiger partial charge >= 0.3 is 0 Å². The molecule has 0 bridgehead atoms. The summed E-state index contributed by atoms with van der Waals surface area (Å²) in [5.74, 6) is -0.0404. The molecule has 0 spiro atoms. The first-order valence-electron chi connectivity index (χ1n) is 7.82. The van der Waals surface area contributed by atoms with Gasteiger partial charge in [-0.25, -0.2) is 5.43 Å². The maximum absolute atomic E-state index is 12.3. The lowest BCUT2D eigenvalue weighted by Crippen LogP contribution is -2.66. The van der Waals surface area contributed by atoms with Crippen LogP contribution in [0.1, 0.15) is 25.3 Å². The van der Waals surface area contributed by atoms with Crippen molar-refractivity contribution in [2.24, 2.45) is 0 Å². The van der Waals surface area contributed by atoms with E-state index in [1.165, 1.54) is 0 Å². The normalized spacial score (nSPS) is 24.0. The third-order valence-electron chi connectivity index (χ3n) is 3.97. The molecule has 1 fully saturated rings. The highest BCUT2D eigenvalue weighted by atomic mass is 16.2. The monoisotopic (exact) mass is 301 g/mol. The minimum Gasteiger partial charge on any atom is -0.324 e. The molecule has 6 heteroatoms. The predicted octanol–water partition coefficient (Wildman–Crippen LogP) is 0.922. The molecule has 2 aliphatic rings. The van der Waals surface area contributed by atoms with Gasteiger partial charge in [0.1, 0.15) is 12.5 Å². The van der Waals surface area contributed by atoms with Gasteiger partial charge in [0.15, 0.2) is 0 Å². The maximum atomic E-state index is 12.3. The second-order valence-corrected chi connectivity index (χ2v) is 5.68. The number of amides is 1. The third-order valence-corrected chi connectivity index (χ3v) is 3.97. The van der Waals surface area contributed by atoms with Crippen molar-refractivity contribution in [3.63, 3.8) is 0 Å². The van der Waals surface area contributed by atoms with Crippen LogP contribution < -0.4 is 26.4 Å². The fourth-order valence-electron chi connectivity index (χ4n) is 2.70. The van der Waals surface area contributed by atoms with E-state index < -0.39 is 0 Å². The molecule has 3 rings (SSSR count). The SMILES string of the molecule is CCCCNC1NC(=O)C2=CN(c3ccccc3C)NC2N1. The largest absolute Gasteiger partial charge is 0.324 e. The molecule has 0 saturated carbocycles. The molecule has 1 aromatic carbocycles. The zero-order valence-corrected chi connectivity index (χ0v) is 13.0. The molecule has 6 nitrogen and oxygen atoms in total. The quantitative estimate of drug-likeness (QED) is 0.609. The van der Waals surface area contributed by atoms with Crippen LogP contribution >= 0.6 is 0 Å². The number of nitrogens with zero attached hydrogens (tertiary/aromatic N) is 1. The summed E-state index contributed by atoms with van der Waals surface area (Å²) in [5, 5.41) is 11.5. The molecule has 2 heterocycles. The van der Waals surface area contributed by atoms with Gasteiger partial charge in [0.05, 0.1) is 11.3 Å². The van der Waals surface area contributed by atoms with Crippen molar-refractivity contribution in [2.45, 2.75) is 39.1 Å². The Morgan fingerprint density at radius 3 is 2.91 bits per heavy atom. The molecule has 22 heavy (non-hydrogen) atoms. The van der Waals surface area contributed by atoms with Gasteiger partial charge < -0.3 is 5.32 Å². The molecular formula is C16H23N5O. The Bertz CT molecular complexity index is 586. The van der Waals surface area contributed by atoms with Crippen molar-refractivity contribution in [3.8, 4) is 0 Å². The lowest BCUT2D eigenvalue weighted by Gasteiger charge is -2.32. The van der Waals surface area contributed by atoms with Gasteiger partial charge in [0.2, 0.25) is 0 Å². The van der Waals surface area contributed by atoms with Crippen LogP contribution in [-0.2, 0) is 4.79 Å². The zero-order valence-electron chi connectivity index (χ0n) is 13.0. The van der Waals surface area contributed by atoms with Crippen LogP contribution in [-0.4, -0.2) is 24.9 Å². The summed E-state index contributed by atoms with van der Waals surface area (Å²) in [7, 11) is 0. The molecule has 4 N–H and O–H groups in total. The summed E-state index contributed by atoms with van der Waals surface area (Å²) in [6, 6.07) is 8.09. The average Bonchev–Trinajstić information content (AvgIpc) is 2.92. The Labute approximate surface area is 130 Å². The number of carbonyl (C=O) groups excluding carboxylic acids is 1. The summed E-state index contributed by atoms with van der Waals surface area (Å²) in [6.07, 6.45) is 3.70. The smallest absolute Gasteiger partial charge is 0.254 e. The van der Waals surface area contributed by atoms with Crippen LogP contribution in [0.4, 0.5) is 5.69 Å². The van der Waals surface area contributed by atoms with Gasteiger partial charge in [-0.3, -0.25) is 20.4 Å². The highest BCUT2D eigenvalue weighted by molar-refractivity contribution is 5.96. The first-order valence-corrected chi connectivity index (χ1v) is 7.82. The number of hydrogen-bond acceptors (Lipinski definition) is 5. The number of aryl methyl sites for hydroxylation is 1. The molecular weight excluding hydrogens is 278 g/mol. The Hall–Kier alpha value is -1.89. The fourth-order valence-corrected chi connectivity index (χ4v) is 2.70. The van der Waals surface area contributed by atoms with Gasteiger partial charge in [0, 0.05) is 6.20 Å². The van der Waals surface area contributed by atoms with Crippen molar-refractivity contribution in [3.05, 3.63) is 41.6 Å². The second-order valence-electron chi connectivity index (χ2n) is 5.68. The minimum atomic E-state index is -0.203. The second kappa shape index (κ2) is 6.48. The molecule has 1 aromatic rings. The van der Waals surface area contributed by atoms with Gasteiger partial charge in [0.25, 0.3) is 5.91 Å². The van der Waals surface area contributed by atoms with Gasteiger partial charge in [-0.2, -0.15) is 0 Å². The number of para-hydroxylation sites is 1. The molecule has 1 amide bonds. The predicted molar refractivity (Wildman–Crippen MR) is 86.6 cm³/mol. The number of rotatable bonds is 5. The first-order chi connectivity index (χ1) is 10.7. The van der Waals surface area contributed by atoms with E-state index in [-0.39, 0.29) is 18.4 Å². The number of benzene rings is 1. The summed E-state index contributed by atoms with van der Waals surface area (Å²) < 4.78 is 0. The van der Waals surface area contributed by atoms with Gasteiger partial charge in [-0.05, 0) is 31.5 Å². The molecule has 0 radical (unpaired) electrons. The van der Waals surface area contributed by atoms with E-state index in [0.29, 0.717) is 5.57 Å². The molecule has 2 atom stereocenters. The fraction of sp³-hybridized carbons (Fsp3) is 0.438. The van der Waals surface area contributed by atoms with Crippen LogP contribution in [0.2, 0.25) is 0 Å². The lowest BCUT2D eigenvalue weighted by molar-refractivity contribution is -0.120. The Kier molecular flexibility index (Phi) is 4.42. The zero-order chi connectivity index (χ0) is 15.5. The molecule has 1 saturated heterocycles. The average molecular weight is 301 g/mol. The molecule has 0 aliphatic carbocycles. The van der Waals surface area contributed by atoms with E-state index in [9.17, 15) is 4.79 Å². The van der Waals surface area contributed by atoms with Crippen LogP contribution in [0.5, 0.6) is 0 Å². The number of nitrogens with one attached hydrogen (secondary N) is 4. The molecule has 2 unspecified atom stereocenters. The first kappa shape index (κ1) is 15.0. The number of fused-ring (bicyclic) bond motifs is 1. The maximum Gasteiger partial charge on any atom is 0.254 e. The standard InChI is InChI=1S/C16H23N5O/c1-3-4-9-17-16-18-14-12(15(22)19-16)10-21(20-14)13-8-6-5-7-11(13)2/h5-8,10,14,16-18,20H,3-4,9H2,1-2H3,(H,19,22). The third kappa shape index (κ3) is 2.99. The van der Waals surface area contributed by atoms with Crippen LogP contribution in [0.3, 0.4) is 0 Å². The van der Waals surface area contributed by atoms with E-state index in [1.807, 2.05) is 29.4 Å². The topological polar surface area (TPSA) is 68.4 Å². The summed E-state index contributed by atoms with van der Waals surface area (Å²) in [5.41, 5.74) is 6.24. The lowest BCUT2D eigenvalue weighted by atomic mass is 10.2. The van der Waals surface area contributed by atoms with Crippen molar-refractivity contribution >= 4 is 11.6 Å². The number of unbranched alkanes of at least 4 members (excludes halogenated alkanes) is 1. The van der Waals surface area contributed by atoms with Gasteiger partial charge in [-0.1, -0.05) is 31.5 Å². The number of hydrogen-bond donors (Lipinski definition) is 4. The van der Waals surface area contributed by atoms with E-state index >= 15 is 0 Å². The van der Waals surface area contributed by atoms with Crippen LogP contribution in [0, 0.1) is 6.92 Å². The van der Waals surface area contributed by atoms with E-state index in [2.05, 4.69) is 41.3 Å². The minimum absolute atomic E-state index is 0.0404. The van der Waals surface area contributed by atoms with E-state index in [4.69, 9.17) is 0 Å².